The van der Waals surface area contributed by atoms with Gasteiger partial charge in [0, 0.05) is 20.1 Å². The Bertz CT molecular complexity index is 858. The number of rotatable bonds is 2. The van der Waals surface area contributed by atoms with E-state index in [1.54, 1.807) is 36.2 Å². The molecule has 1 aromatic carbocycles. The van der Waals surface area contributed by atoms with Crippen molar-refractivity contribution < 1.29 is 19.1 Å². The van der Waals surface area contributed by atoms with E-state index in [1.165, 1.54) is 9.80 Å². The van der Waals surface area contributed by atoms with Gasteiger partial charge in [0.05, 0.1) is 18.2 Å². The second kappa shape index (κ2) is 7.39. The number of imide groups is 1. The average Bonchev–Trinajstić information content (AvgIpc) is 2.84. The zero-order valence-corrected chi connectivity index (χ0v) is 17.3. The van der Waals surface area contributed by atoms with Crippen LogP contribution in [0.1, 0.15) is 44.7 Å². The van der Waals surface area contributed by atoms with Crippen LogP contribution < -0.4 is 0 Å². The SMILES string of the molecule is CN1C(=O)N(Cc2ccc(C#N)cc2)C(=O)C12CCN(C(=O)OC(C)(C)C)CC2. The number of carbonyl (C=O) groups excluding carboxylic acids is 3. The largest absolute Gasteiger partial charge is 0.444 e. The maximum absolute atomic E-state index is 13.2. The standard InChI is InChI=1S/C21H26N4O4/c1-20(2,3)29-19(28)24-11-9-21(10-12-24)17(26)25(18(27)23(21)4)14-16-7-5-15(13-22)6-8-16/h5-8H,9-12,14H2,1-4H3. The molecule has 29 heavy (non-hydrogen) atoms. The lowest BCUT2D eigenvalue weighted by Crippen LogP contribution is -2.56. The molecule has 8 nitrogen and oxygen atoms in total. The number of urea groups is 1. The van der Waals surface area contributed by atoms with Gasteiger partial charge < -0.3 is 14.5 Å². The summed E-state index contributed by atoms with van der Waals surface area (Å²) in [5, 5.41) is 8.91. The van der Waals surface area contributed by atoms with Crippen LogP contribution in [0.2, 0.25) is 0 Å². The second-order valence-electron chi connectivity index (χ2n) is 8.54. The molecule has 154 valence electrons. The molecule has 0 atom stereocenters. The smallest absolute Gasteiger partial charge is 0.410 e. The lowest BCUT2D eigenvalue weighted by atomic mass is 9.86. The maximum atomic E-state index is 13.2. The Morgan fingerprint density at radius 2 is 1.76 bits per heavy atom. The van der Waals surface area contributed by atoms with E-state index in [9.17, 15) is 14.4 Å². The van der Waals surface area contributed by atoms with Gasteiger partial charge in [-0.05, 0) is 51.3 Å². The third-order valence-electron chi connectivity index (χ3n) is 5.47. The first-order valence-corrected chi connectivity index (χ1v) is 9.64. The highest BCUT2D eigenvalue weighted by Crippen LogP contribution is 2.37. The maximum Gasteiger partial charge on any atom is 0.410 e. The van der Waals surface area contributed by atoms with Crippen LogP contribution in [0.15, 0.2) is 24.3 Å². The van der Waals surface area contributed by atoms with Crippen LogP contribution >= 0.6 is 0 Å². The summed E-state index contributed by atoms with van der Waals surface area (Å²) in [6.45, 7) is 6.29. The Balaban J connectivity index is 1.71. The fourth-order valence-corrected chi connectivity index (χ4v) is 3.79. The van der Waals surface area contributed by atoms with Gasteiger partial charge >= 0.3 is 12.1 Å². The molecule has 2 heterocycles. The molecule has 2 aliphatic heterocycles. The molecule has 1 spiro atoms. The topological polar surface area (TPSA) is 94.0 Å². The van der Waals surface area contributed by atoms with Crippen LogP contribution in [-0.2, 0) is 16.1 Å². The number of piperidine rings is 1. The molecule has 3 rings (SSSR count). The minimum Gasteiger partial charge on any atom is -0.444 e. The number of likely N-dealkylation sites (N-methyl/N-ethyl adjacent to an activating group) is 1. The van der Waals surface area contributed by atoms with E-state index in [1.807, 2.05) is 26.8 Å². The average molecular weight is 398 g/mol. The summed E-state index contributed by atoms with van der Waals surface area (Å²) in [4.78, 5) is 42.7. The van der Waals surface area contributed by atoms with Crippen LogP contribution in [0.4, 0.5) is 9.59 Å². The van der Waals surface area contributed by atoms with Gasteiger partial charge in [-0.1, -0.05) is 12.1 Å². The third kappa shape index (κ3) is 3.90. The summed E-state index contributed by atoms with van der Waals surface area (Å²) in [6, 6.07) is 8.53. The summed E-state index contributed by atoms with van der Waals surface area (Å²) in [5.41, 5.74) is -0.208. The molecule has 0 N–H and O–H groups in total. The van der Waals surface area contributed by atoms with Gasteiger partial charge in [0.2, 0.25) is 0 Å². The van der Waals surface area contributed by atoms with Crippen molar-refractivity contribution in [3.63, 3.8) is 0 Å². The van der Waals surface area contributed by atoms with Crippen LogP contribution in [0.3, 0.4) is 0 Å². The van der Waals surface area contributed by atoms with Gasteiger partial charge in [0.1, 0.15) is 11.1 Å². The molecule has 0 unspecified atom stereocenters. The molecule has 2 aliphatic rings. The molecule has 0 aliphatic carbocycles. The lowest BCUT2D eigenvalue weighted by Gasteiger charge is -2.40. The van der Waals surface area contributed by atoms with Crippen molar-refractivity contribution >= 4 is 18.0 Å². The molecule has 0 aromatic heterocycles. The number of hydrogen-bond donors (Lipinski definition) is 0. The number of ether oxygens (including phenoxy) is 1. The summed E-state index contributed by atoms with van der Waals surface area (Å²) >= 11 is 0. The Kier molecular flexibility index (Phi) is 5.26. The van der Waals surface area contributed by atoms with E-state index >= 15 is 0 Å². The number of likely N-dealkylation sites (tertiary alicyclic amines) is 1. The highest BCUT2D eigenvalue weighted by molar-refractivity contribution is 6.07. The molecule has 0 saturated carbocycles. The van der Waals surface area contributed by atoms with Crippen molar-refractivity contribution in [3.8, 4) is 6.07 Å². The molecule has 0 bridgehead atoms. The van der Waals surface area contributed by atoms with Crippen molar-refractivity contribution in [2.75, 3.05) is 20.1 Å². The van der Waals surface area contributed by atoms with Crippen LogP contribution in [0.25, 0.3) is 0 Å². The molecular formula is C21H26N4O4. The Hall–Kier alpha value is -3.08. The first kappa shape index (κ1) is 20.6. The van der Waals surface area contributed by atoms with Crippen LogP contribution in [0, 0.1) is 11.3 Å². The minimum absolute atomic E-state index is 0.158. The molecule has 2 fully saturated rings. The quantitative estimate of drug-likeness (QED) is 0.714. The number of nitrogens with zero attached hydrogens (tertiary/aromatic N) is 4. The zero-order valence-electron chi connectivity index (χ0n) is 17.3. The first-order valence-electron chi connectivity index (χ1n) is 9.64. The van der Waals surface area contributed by atoms with E-state index in [0.29, 0.717) is 31.5 Å². The van der Waals surface area contributed by atoms with E-state index in [4.69, 9.17) is 10.00 Å². The van der Waals surface area contributed by atoms with Gasteiger partial charge in [0.25, 0.3) is 5.91 Å². The van der Waals surface area contributed by atoms with Crippen LogP contribution in [-0.4, -0.2) is 64.0 Å². The molecule has 2 saturated heterocycles. The molecule has 0 radical (unpaired) electrons. The number of amides is 4. The van der Waals surface area contributed by atoms with Crippen molar-refractivity contribution in [3.05, 3.63) is 35.4 Å². The monoisotopic (exact) mass is 398 g/mol. The van der Waals surface area contributed by atoms with E-state index < -0.39 is 17.2 Å². The number of nitriles is 1. The summed E-state index contributed by atoms with van der Waals surface area (Å²) < 4.78 is 5.41. The second-order valence-corrected chi connectivity index (χ2v) is 8.54. The van der Waals surface area contributed by atoms with E-state index in [2.05, 4.69) is 0 Å². The molecule has 4 amide bonds. The summed E-state index contributed by atoms with van der Waals surface area (Å²) in [6.07, 6.45) is 0.343. The Morgan fingerprint density at radius 3 is 2.28 bits per heavy atom. The third-order valence-corrected chi connectivity index (χ3v) is 5.47. The predicted molar refractivity (Wildman–Crippen MR) is 105 cm³/mol. The summed E-state index contributed by atoms with van der Waals surface area (Å²) in [5.74, 6) is -0.238. The van der Waals surface area contributed by atoms with Crippen LogP contribution in [0.5, 0.6) is 0 Å². The fourth-order valence-electron chi connectivity index (χ4n) is 3.79. The first-order chi connectivity index (χ1) is 13.6. The summed E-state index contributed by atoms with van der Waals surface area (Å²) in [7, 11) is 1.64. The van der Waals surface area contributed by atoms with Gasteiger partial charge in [-0.2, -0.15) is 5.26 Å². The highest BCUT2D eigenvalue weighted by atomic mass is 16.6. The van der Waals surface area contributed by atoms with Gasteiger partial charge in [0.15, 0.2) is 0 Å². The fraction of sp³-hybridized carbons (Fsp3) is 0.524. The molecular weight excluding hydrogens is 372 g/mol. The van der Waals surface area contributed by atoms with E-state index in [0.717, 1.165) is 5.56 Å². The minimum atomic E-state index is -0.928. The molecule has 1 aromatic rings. The van der Waals surface area contributed by atoms with Crippen molar-refractivity contribution in [1.82, 2.24) is 14.7 Å². The Morgan fingerprint density at radius 1 is 1.17 bits per heavy atom. The number of carbonyl (C=O) groups is 3. The predicted octanol–water partition coefficient (Wildman–Crippen LogP) is 2.72. The number of hydrogen-bond acceptors (Lipinski definition) is 5. The zero-order chi connectivity index (χ0) is 21.4. The number of benzene rings is 1. The van der Waals surface area contributed by atoms with E-state index in [-0.39, 0.29) is 18.5 Å². The lowest BCUT2D eigenvalue weighted by molar-refractivity contribution is -0.135. The Labute approximate surface area is 170 Å². The van der Waals surface area contributed by atoms with Crippen molar-refractivity contribution in [1.29, 1.82) is 5.26 Å². The molecule has 8 heteroatoms. The normalized spacial score (nSPS) is 18.9. The van der Waals surface area contributed by atoms with Crippen molar-refractivity contribution in [2.45, 2.75) is 51.3 Å². The highest BCUT2D eigenvalue weighted by Gasteiger charge is 2.56. The van der Waals surface area contributed by atoms with Gasteiger partial charge in [-0.25, -0.2) is 9.59 Å². The van der Waals surface area contributed by atoms with Crippen molar-refractivity contribution in [2.24, 2.45) is 0 Å². The van der Waals surface area contributed by atoms with Gasteiger partial charge in [-0.3, -0.25) is 9.69 Å². The van der Waals surface area contributed by atoms with Gasteiger partial charge in [-0.15, -0.1) is 0 Å².